The molecule has 3 nitrogen and oxygen atoms in total. The molecule has 1 atom stereocenters. The summed E-state index contributed by atoms with van der Waals surface area (Å²) in [7, 11) is 3.13. The first-order chi connectivity index (χ1) is 10.0. The predicted octanol–water partition coefficient (Wildman–Crippen LogP) is 3.67. The second kappa shape index (κ2) is 6.39. The highest BCUT2D eigenvalue weighted by molar-refractivity contribution is 5.94. The number of carbonyl (C=O) groups is 1. The van der Waals surface area contributed by atoms with E-state index in [1.54, 1.807) is 13.1 Å². The average Bonchev–Trinajstić information content (AvgIpc) is 2.53. The third-order valence-electron chi connectivity index (χ3n) is 3.59. The summed E-state index contributed by atoms with van der Waals surface area (Å²) in [5, 5.41) is 0. The Labute approximate surface area is 124 Å². The number of ether oxygens (including phenoxy) is 1. The van der Waals surface area contributed by atoms with Crippen LogP contribution in [0.2, 0.25) is 0 Å². The van der Waals surface area contributed by atoms with Gasteiger partial charge in [-0.1, -0.05) is 30.3 Å². The average molecular weight is 287 g/mol. The zero-order valence-corrected chi connectivity index (χ0v) is 12.3. The summed E-state index contributed by atoms with van der Waals surface area (Å²) in [6.07, 6.45) is 0. The quantitative estimate of drug-likeness (QED) is 0.858. The van der Waals surface area contributed by atoms with Crippen LogP contribution >= 0.6 is 0 Å². The third-order valence-corrected chi connectivity index (χ3v) is 3.59. The highest BCUT2D eigenvalue weighted by Crippen LogP contribution is 2.23. The number of hydrogen-bond acceptors (Lipinski definition) is 2. The summed E-state index contributed by atoms with van der Waals surface area (Å²) in [4.78, 5) is 14.0. The maximum atomic E-state index is 14.0. The Morgan fingerprint density at radius 2 is 1.86 bits per heavy atom. The maximum Gasteiger partial charge on any atom is 0.257 e. The van der Waals surface area contributed by atoms with Crippen LogP contribution in [-0.4, -0.2) is 25.0 Å². The molecule has 4 heteroatoms. The van der Waals surface area contributed by atoms with Gasteiger partial charge in [0.1, 0.15) is 11.6 Å². The van der Waals surface area contributed by atoms with Gasteiger partial charge in [-0.2, -0.15) is 0 Å². The molecule has 0 spiro atoms. The van der Waals surface area contributed by atoms with Crippen LogP contribution in [0.15, 0.2) is 48.5 Å². The number of nitrogens with zero attached hydrogens (tertiary/aromatic N) is 1. The summed E-state index contributed by atoms with van der Waals surface area (Å²) in [6.45, 7) is 1.91. The van der Waals surface area contributed by atoms with Crippen molar-refractivity contribution in [3.05, 3.63) is 65.5 Å². The van der Waals surface area contributed by atoms with Crippen molar-refractivity contribution >= 4 is 5.91 Å². The van der Waals surface area contributed by atoms with Crippen LogP contribution in [-0.2, 0) is 0 Å². The minimum absolute atomic E-state index is 0.0427. The van der Waals surface area contributed by atoms with Crippen LogP contribution in [0.1, 0.15) is 28.9 Å². The third kappa shape index (κ3) is 3.21. The van der Waals surface area contributed by atoms with E-state index < -0.39 is 5.82 Å². The van der Waals surface area contributed by atoms with E-state index in [4.69, 9.17) is 4.74 Å². The molecule has 2 rings (SSSR count). The van der Waals surface area contributed by atoms with Crippen LogP contribution < -0.4 is 4.74 Å². The number of benzene rings is 2. The van der Waals surface area contributed by atoms with Crippen LogP contribution in [0.4, 0.5) is 4.39 Å². The van der Waals surface area contributed by atoms with Crippen LogP contribution in [0.5, 0.6) is 5.75 Å². The molecule has 1 unspecified atom stereocenters. The number of amides is 1. The first kappa shape index (κ1) is 15.0. The van der Waals surface area contributed by atoms with Gasteiger partial charge in [0.15, 0.2) is 0 Å². The summed E-state index contributed by atoms with van der Waals surface area (Å²) in [5.41, 5.74) is 1.04. The molecule has 21 heavy (non-hydrogen) atoms. The molecule has 0 heterocycles. The Bertz CT molecular complexity index is 628. The lowest BCUT2D eigenvalue weighted by atomic mass is 10.1. The van der Waals surface area contributed by atoms with E-state index in [-0.39, 0.29) is 17.5 Å². The van der Waals surface area contributed by atoms with Gasteiger partial charge in [-0.05, 0) is 24.6 Å². The van der Waals surface area contributed by atoms with Crippen molar-refractivity contribution in [3.8, 4) is 5.75 Å². The van der Waals surface area contributed by atoms with Gasteiger partial charge in [0.05, 0.1) is 18.7 Å². The van der Waals surface area contributed by atoms with Crippen molar-refractivity contribution in [1.82, 2.24) is 4.90 Å². The largest absolute Gasteiger partial charge is 0.497 e. The zero-order valence-electron chi connectivity index (χ0n) is 12.3. The molecule has 0 saturated carbocycles. The van der Waals surface area contributed by atoms with Gasteiger partial charge in [0.25, 0.3) is 5.91 Å². The Balaban J connectivity index is 2.23. The van der Waals surface area contributed by atoms with Crippen molar-refractivity contribution in [2.75, 3.05) is 14.2 Å². The van der Waals surface area contributed by atoms with E-state index in [0.717, 1.165) is 5.56 Å². The molecule has 0 aliphatic carbocycles. The van der Waals surface area contributed by atoms with Gasteiger partial charge in [0, 0.05) is 13.1 Å². The van der Waals surface area contributed by atoms with E-state index in [2.05, 4.69) is 0 Å². The summed E-state index contributed by atoms with van der Waals surface area (Å²) >= 11 is 0. The standard InChI is InChI=1S/C17H18FNO2/c1-12(13-7-5-4-6-8-13)19(2)17(20)15-10-9-14(21-3)11-16(15)18/h4-12H,1-3H3. The van der Waals surface area contributed by atoms with E-state index in [1.807, 2.05) is 37.3 Å². The molecule has 0 N–H and O–H groups in total. The molecular weight excluding hydrogens is 269 g/mol. The molecule has 0 saturated heterocycles. The van der Waals surface area contributed by atoms with Gasteiger partial charge in [-0.15, -0.1) is 0 Å². The first-order valence-corrected chi connectivity index (χ1v) is 6.70. The van der Waals surface area contributed by atoms with Gasteiger partial charge >= 0.3 is 0 Å². The lowest BCUT2D eigenvalue weighted by Gasteiger charge is -2.25. The number of rotatable bonds is 4. The highest BCUT2D eigenvalue weighted by atomic mass is 19.1. The molecule has 0 radical (unpaired) electrons. The monoisotopic (exact) mass is 287 g/mol. The molecule has 2 aromatic rings. The van der Waals surface area contributed by atoms with Crippen molar-refractivity contribution in [2.45, 2.75) is 13.0 Å². The number of halogens is 1. The van der Waals surface area contributed by atoms with Gasteiger partial charge in [-0.25, -0.2) is 4.39 Å². The molecular formula is C17H18FNO2. The van der Waals surface area contributed by atoms with Crippen molar-refractivity contribution < 1.29 is 13.9 Å². The minimum Gasteiger partial charge on any atom is -0.497 e. The molecule has 2 aromatic carbocycles. The first-order valence-electron chi connectivity index (χ1n) is 6.70. The number of hydrogen-bond donors (Lipinski definition) is 0. The normalized spacial score (nSPS) is 11.8. The number of methoxy groups -OCH3 is 1. The molecule has 0 fully saturated rings. The fourth-order valence-corrected chi connectivity index (χ4v) is 2.12. The van der Waals surface area contributed by atoms with Crippen molar-refractivity contribution in [1.29, 1.82) is 0 Å². The summed E-state index contributed by atoms with van der Waals surface area (Å²) in [5.74, 6) is -0.541. The van der Waals surface area contributed by atoms with Gasteiger partial charge in [-0.3, -0.25) is 4.79 Å². The molecule has 0 aliphatic heterocycles. The van der Waals surface area contributed by atoms with Gasteiger partial charge in [0.2, 0.25) is 0 Å². The molecule has 110 valence electrons. The van der Waals surface area contributed by atoms with Crippen LogP contribution in [0.3, 0.4) is 0 Å². The SMILES string of the molecule is COc1ccc(C(=O)N(C)C(C)c2ccccc2)c(F)c1. The predicted molar refractivity (Wildman–Crippen MR) is 79.9 cm³/mol. The van der Waals surface area contributed by atoms with E-state index >= 15 is 0 Å². The Kier molecular flexibility index (Phi) is 4.58. The smallest absolute Gasteiger partial charge is 0.257 e. The lowest BCUT2D eigenvalue weighted by Crippen LogP contribution is -2.30. The van der Waals surface area contributed by atoms with Crippen LogP contribution in [0.25, 0.3) is 0 Å². The fourth-order valence-electron chi connectivity index (χ4n) is 2.12. The summed E-state index contributed by atoms with van der Waals surface area (Å²) < 4.78 is 18.9. The lowest BCUT2D eigenvalue weighted by molar-refractivity contribution is 0.0738. The van der Waals surface area contributed by atoms with Gasteiger partial charge < -0.3 is 9.64 Å². The fraction of sp³-hybridized carbons (Fsp3) is 0.235. The van der Waals surface area contributed by atoms with E-state index in [1.165, 1.54) is 24.1 Å². The minimum atomic E-state index is -0.577. The number of carbonyl (C=O) groups excluding carboxylic acids is 1. The molecule has 0 aromatic heterocycles. The highest BCUT2D eigenvalue weighted by Gasteiger charge is 2.21. The van der Waals surface area contributed by atoms with Crippen LogP contribution in [0, 0.1) is 5.82 Å². The maximum absolute atomic E-state index is 14.0. The molecule has 0 aliphatic rings. The Hall–Kier alpha value is -2.36. The molecule has 0 bridgehead atoms. The topological polar surface area (TPSA) is 29.5 Å². The second-order valence-corrected chi connectivity index (χ2v) is 4.85. The van der Waals surface area contributed by atoms with Crippen molar-refractivity contribution in [2.24, 2.45) is 0 Å². The Morgan fingerprint density at radius 3 is 2.43 bits per heavy atom. The second-order valence-electron chi connectivity index (χ2n) is 4.85. The Morgan fingerprint density at radius 1 is 1.19 bits per heavy atom. The molecule has 1 amide bonds. The summed E-state index contributed by atoms with van der Waals surface area (Å²) in [6, 6.07) is 13.7. The van der Waals surface area contributed by atoms with E-state index in [0.29, 0.717) is 5.75 Å². The zero-order chi connectivity index (χ0) is 15.4. The van der Waals surface area contributed by atoms with Crippen molar-refractivity contribution in [3.63, 3.8) is 0 Å². The van der Waals surface area contributed by atoms with E-state index in [9.17, 15) is 9.18 Å².